The van der Waals surface area contributed by atoms with Crippen molar-refractivity contribution >= 4 is 23.7 Å². The highest BCUT2D eigenvalue weighted by Crippen LogP contribution is 2.16. The predicted molar refractivity (Wildman–Crippen MR) is 87.9 cm³/mol. The SMILES string of the molecule is CSc1ccc(/C=C(\C#N)C(=O)NCc2ccccn2)cc1. The van der Waals surface area contributed by atoms with Gasteiger partial charge in [0.15, 0.2) is 0 Å². The van der Waals surface area contributed by atoms with Crippen molar-refractivity contribution in [2.24, 2.45) is 0 Å². The molecule has 2 rings (SSSR count). The van der Waals surface area contributed by atoms with Crippen molar-refractivity contribution in [3.8, 4) is 6.07 Å². The predicted octanol–water partition coefficient (Wildman–Crippen LogP) is 3.03. The van der Waals surface area contributed by atoms with E-state index in [1.165, 1.54) is 0 Å². The van der Waals surface area contributed by atoms with E-state index in [2.05, 4.69) is 10.3 Å². The second kappa shape index (κ2) is 8.01. The molecule has 0 saturated carbocycles. The molecule has 0 bridgehead atoms. The zero-order valence-corrected chi connectivity index (χ0v) is 12.9. The summed E-state index contributed by atoms with van der Waals surface area (Å²) >= 11 is 1.64. The molecule has 22 heavy (non-hydrogen) atoms. The Balaban J connectivity index is 2.04. The highest BCUT2D eigenvalue weighted by Gasteiger charge is 2.08. The molecule has 0 spiro atoms. The number of nitrogens with zero attached hydrogens (tertiary/aromatic N) is 2. The van der Waals surface area contributed by atoms with Crippen molar-refractivity contribution in [3.05, 3.63) is 65.5 Å². The van der Waals surface area contributed by atoms with Gasteiger partial charge in [-0.25, -0.2) is 0 Å². The number of benzene rings is 1. The van der Waals surface area contributed by atoms with E-state index in [0.29, 0.717) is 6.54 Å². The van der Waals surface area contributed by atoms with E-state index < -0.39 is 5.91 Å². The van der Waals surface area contributed by atoms with Gasteiger partial charge in [0.1, 0.15) is 11.6 Å². The molecule has 0 aliphatic carbocycles. The Morgan fingerprint density at radius 3 is 2.68 bits per heavy atom. The molecule has 2 aromatic rings. The standard InChI is InChI=1S/C17H15N3OS/c1-22-16-7-5-13(6-8-16)10-14(11-18)17(21)20-12-15-4-2-3-9-19-15/h2-10H,12H2,1H3,(H,20,21)/b14-10+. The number of aromatic nitrogens is 1. The van der Waals surface area contributed by atoms with E-state index in [9.17, 15) is 4.79 Å². The Morgan fingerprint density at radius 1 is 1.32 bits per heavy atom. The molecule has 1 N–H and O–H groups in total. The first-order valence-corrected chi connectivity index (χ1v) is 7.89. The van der Waals surface area contributed by atoms with Crippen molar-refractivity contribution in [2.45, 2.75) is 11.4 Å². The molecule has 1 aromatic heterocycles. The molecule has 1 amide bonds. The van der Waals surface area contributed by atoms with Crippen molar-refractivity contribution < 1.29 is 4.79 Å². The van der Waals surface area contributed by atoms with E-state index in [0.717, 1.165) is 16.2 Å². The van der Waals surface area contributed by atoms with Gasteiger partial charge in [-0.3, -0.25) is 9.78 Å². The number of amides is 1. The molecule has 0 aliphatic heterocycles. The maximum Gasteiger partial charge on any atom is 0.262 e. The highest BCUT2D eigenvalue weighted by molar-refractivity contribution is 7.98. The van der Waals surface area contributed by atoms with E-state index in [4.69, 9.17) is 5.26 Å². The number of carbonyl (C=O) groups is 1. The van der Waals surface area contributed by atoms with Gasteiger partial charge in [0, 0.05) is 11.1 Å². The first-order valence-electron chi connectivity index (χ1n) is 6.67. The van der Waals surface area contributed by atoms with Crippen molar-refractivity contribution in [1.82, 2.24) is 10.3 Å². The van der Waals surface area contributed by atoms with Crippen LogP contribution in [0.2, 0.25) is 0 Å². The molecule has 0 aliphatic rings. The number of carbonyl (C=O) groups excluding carboxylic acids is 1. The number of hydrogen-bond acceptors (Lipinski definition) is 4. The summed E-state index contributed by atoms with van der Waals surface area (Å²) in [6.07, 6.45) is 5.24. The number of nitrogens with one attached hydrogen (secondary N) is 1. The number of rotatable bonds is 5. The minimum absolute atomic E-state index is 0.0767. The van der Waals surface area contributed by atoms with Crippen molar-refractivity contribution in [2.75, 3.05) is 6.26 Å². The third kappa shape index (κ3) is 4.47. The van der Waals surface area contributed by atoms with Gasteiger partial charge < -0.3 is 5.32 Å². The lowest BCUT2D eigenvalue weighted by Gasteiger charge is -2.04. The Kier molecular flexibility index (Phi) is 5.75. The lowest BCUT2D eigenvalue weighted by molar-refractivity contribution is -0.117. The van der Waals surface area contributed by atoms with Crippen LogP contribution >= 0.6 is 11.8 Å². The monoisotopic (exact) mass is 309 g/mol. The molecular weight excluding hydrogens is 294 g/mol. The quantitative estimate of drug-likeness (QED) is 0.524. The van der Waals surface area contributed by atoms with Crippen LogP contribution in [0.4, 0.5) is 0 Å². The summed E-state index contributed by atoms with van der Waals surface area (Å²) in [5.74, 6) is -0.401. The highest BCUT2D eigenvalue weighted by atomic mass is 32.2. The van der Waals surface area contributed by atoms with Gasteiger partial charge in [0.25, 0.3) is 5.91 Å². The summed E-state index contributed by atoms with van der Waals surface area (Å²) in [6.45, 7) is 0.296. The molecule has 0 unspecified atom stereocenters. The van der Waals surface area contributed by atoms with Crippen LogP contribution in [-0.4, -0.2) is 17.1 Å². The Hall–Kier alpha value is -2.58. The minimum Gasteiger partial charge on any atom is -0.346 e. The van der Waals surface area contributed by atoms with Gasteiger partial charge in [0.2, 0.25) is 0 Å². The van der Waals surface area contributed by atoms with Crippen molar-refractivity contribution in [1.29, 1.82) is 5.26 Å². The third-order valence-electron chi connectivity index (χ3n) is 2.95. The molecule has 0 radical (unpaired) electrons. The van der Waals surface area contributed by atoms with Crippen LogP contribution < -0.4 is 5.32 Å². The van der Waals surface area contributed by atoms with Gasteiger partial charge in [0.05, 0.1) is 12.2 Å². The smallest absolute Gasteiger partial charge is 0.262 e. The van der Waals surface area contributed by atoms with Gasteiger partial charge in [-0.15, -0.1) is 11.8 Å². The molecular formula is C17H15N3OS. The summed E-state index contributed by atoms with van der Waals surface area (Å²) < 4.78 is 0. The number of hydrogen-bond donors (Lipinski definition) is 1. The van der Waals surface area contributed by atoms with Crippen LogP contribution in [0.3, 0.4) is 0 Å². The molecule has 0 atom stereocenters. The van der Waals surface area contributed by atoms with Crippen LogP contribution in [-0.2, 0) is 11.3 Å². The molecule has 4 nitrogen and oxygen atoms in total. The minimum atomic E-state index is -0.401. The normalized spacial score (nSPS) is 10.8. The van der Waals surface area contributed by atoms with Crippen LogP contribution in [0.1, 0.15) is 11.3 Å². The molecule has 0 saturated heterocycles. The van der Waals surface area contributed by atoms with Crippen LogP contribution in [0.5, 0.6) is 0 Å². The van der Waals surface area contributed by atoms with Crippen molar-refractivity contribution in [3.63, 3.8) is 0 Å². The van der Waals surface area contributed by atoms with Crippen LogP contribution in [0.25, 0.3) is 6.08 Å². The molecule has 1 heterocycles. The number of thioether (sulfide) groups is 1. The summed E-state index contributed by atoms with van der Waals surface area (Å²) in [5.41, 5.74) is 1.65. The van der Waals surface area contributed by atoms with Gasteiger partial charge in [-0.2, -0.15) is 5.26 Å². The largest absolute Gasteiger partial charge is 0.346 e. The Bertz CT molecular complexity index is 703. The number of pyridine rings is 1. The topological polar surface area (TPSA) is 65.8 Å². The first-order chi connectivity index (χ1) is 10.7. The molecule has 110 valence electrons. The first kappa shape index (κ1) is 15.8. The van der Waals surface area contributed by atoms with Crippen LogP contribution in [0.15, 0.2) is 59.1 Å². The zero-order valence-electron chi connectivity index (χ0n) is 12.1. The van der Waals surface area contributed by atoms with Crippen LogP contribution in [0, 0.1) is 11.3 Å². The fourth-order valence-corrected chi connectivity index (χ4v) is 2.19. The van der Waals surface area contributed by atoms with E-state index in [1.807, 2.05) is 54.8 Å². The fraction of sp³-hybridized carbons (Fsp3) is 0.118. The Labute approximate surface area is 133 Å². The van der Waals surface area contributed by atoms with Gasteiger partial charge in [-0.1, -0.05) is 18.2 Å². The molecule has 5 heteroatoms. The van der Waals surface area contributed by atoms with Gasteiger partial charge >= 0.3 is 0 Å². The maximum atomic E-state index is 12.0. The Morgan fingerprint density at radius 2 is 2.09 bits per heavy atom. The molecule has 0 fully saturated rings. The third-order valence-corrected chi connectivity index (χ3v) is 3.69. The average molecular weight is 309 g/mol. The van der Waals surface area contributed by atoms with Gasteiger partial charge in [-0.05, 0) is 42.2 Å². The summed E-state index contributed by atoms with van der Waals surface area (Å²) in [4.78, 5) is 17.3. The lowest BCUT2D eigenvalue weighted by atomic mass is 10.1. The second-order valence-corrected chi connectivity index (χ2v) is 5.33. The van der Waals surface area contributed by atoms with E-state index in [1.54, 1.807) is 24.0 Å². The second-order valence-electron chi connectivity index (χ2n) is 4.45. The molecule has 1 aromatic carbocycles. The van der Waals surface area contributed by atoms with E-state index in [-0.39, 0.29) is 5.57 Å². The summed E-state index contributed by atoms with van der Waals surface area (Å²) in [7, 11) is 0. The zero-order chi connectivity index (χ0) is 15.8. The maximum absolute atomic E-state index is 12.0. The average Bonchev–Trinajstić information content (AvgIpc) is 2.59. The fourth-order valence-electron chi connectivity index (χ4n) is 1.78. The number of nitriles is 1. The summed E-state index contributed by atoms with van der Waals surface area (Å²) in [5, 5.41) is 11.9. The lowest BCUT2D eigenvalue weighted by Crippen LogP contribution is -2.24. The van der Waals surface area contributed by atoms with E-state index >= 15 is 0 Å². The summed E-state index contributed by atoms with van der Waals surface area (Å²) in [6, 6.07) is 15.1.